The van der Waals surface area contributed by atoms with Gasteiger partial charge in [-0.15, -0.1) is 0 Å². The summed E-state index contributed by atoms with van der Waals surface area (Å²) >= 11 is 0. The van der Waals surface area contributed by atoms with Gasteiger partial charge in [0.25, 0.3) is 5.91 Å². The number of phenolic OH excluding ortho intramolecular Hbond substituents is 1. The number of benzene rings is 2. The molecule has 0 aliphatic heterocycles. The number of aryl methyl sites for hydroxylation is 1. The van der Waals surface area contributed by atoms with Crippen molar-refractivity contribution >= 4 is 17.6 Å². The number of carbonyl (C=O) groups excluding carboxylic acids is 1. The minimum absolute atomic E-state index is 0.0726. The van der Waals surface area contributed by atoms with Crippen LogP contribution in [0.2, 0.25) is 0 Å². The number of amides is 1. The van der Waals surface area contributed by atoms with E-state index in [-0.39, 0.29) is 11.4 Å². The summed E-state index contributed by atoms with van der Waals surface area (Å²) in [7, 11) is 0. The summed E-state index contributed by atoms with van der Waals surface area (Å²) in [6.45, 7) is 1.65. The molecule has 0 radical (unpaired) electrons. The Hall–Kier alpha value is -2.89. The van der Waals surface area contributed by atoms with Crippen LogP contribution in [0, 0.1) is 12.7 Å². The topological polar surface area (TPSA) is 86.6 Å². The van der Waals surface area contributed by atoms with Gasteiger partial charge < -0.3 is 15.5 Å². The molecule has 0 fully saturated rings. The van der Waals surface area contributed by atoms with Crippen molar-refractivity contribution in [3.8, 4) is 5.75 Å². The fourth-order valence-electron chi connectivity index (χ4n) is 1.77. The molecule has 2 rings (SSSR count). The molecule has 0 heterocycles. The van der Waals surface area contributed by atoms with Gasteiger partial charge in [0.2, 0.25) is 0 Å². The molecular weight excluding hydrogens is 277 g/mol. The molecule has 0 saturated carbocycles. The predicted molar refractivity (Wildman–Crippen MR) is 74.2 cm³/mol. The lowest BCUT2D eigenvalue weighted by molar-refractivity contribution is 0.0692. The van der Waals surface area contributed by atoms with Crippen LogP contribution < -0.4 is 5.32 Å². The molecule has 0 saturated heterocycles. The first-order valence-corrected chi connectivity index (χ1v) is 6.02. The molecule has 108 valence electrons. The summed E-state index contributed by atoms with van der Waals surface area (Å²) in [5, 5.41) is 20.6. The van der Waals surface area contributed by atoms with Gasteiger partial charge in [-0.3, -0.25) is 4.79 Å². The van der Waals surface area contributed by atoms with Crippen molar-refractivity contribution in [2.45, 2.75) is 6.92 Å². The van der Waals surface area contributed by atoms with Gasteiger partial charge in [-0.1, -0.05) is 0 Å². The molecule has 0 aliphatic rings. The van der Waals surface area contributed by atoms with E-state index in [0.717, 1.165) is 12.1 Å². The molecule has 1 amide bonds. The van der Waals surface area contributed by atoms with Crippen LogP contribution in [-0.2, 0) is 0 Å². The fourth-order valence-corrected chi connectivity index (χ4v) is 1.77. The van der Waals surface area contributed by atoms with E-state index in [4.69, 9.17) is 5.11 Å². The molecule has 0 atom stereocenters. The van der Waals surface area contributed by atoms with Crippen LogP contribution in [-0.4, -0.2) is 22.1 Å². The highest BCUT2D eigenvalue weighted by Crippen LogP contribution is 2.19. The van der Waals surface area contributed by atoms with Gasteiger partial charge in [-0.05, 0) is 48.9 Å². The Labute approximate surface area is 119 Å². The number of rotatable bonds is 3. The molecule has 3 N–H and O–H groups in total. The normalized spacial score (nSPS) is 10.2. The molecule has 2 aromatic carbocycles. The Morgan fingerprint density at radius 2 is 1.86 bits per heavy atom. The second-order valence-electron chi connectivity index (χ2n) is 4.46. The lowest BCUT2D eigenvalue weighted by atomic mass is 10.1. The molecule has 0 spiro atoms. The summed E-state index contributed by atoms with van der Waals surface area (Å²) in [6.07, 6.45) is 0. The van der Waals surface area contributed by atoms with Gasteiger partial charge in [0.05, 0.1) is 5.56 Å². The zero-order chi connectivity index (χ0) is 15.6. The van der Waals surface area contributed by atoms with Crippen molar-refractivity contribution in [2.24, 2.45) is 0 Å². The van der Waals surface area contributed by atoms with E-state index >= 15 is 0 Å². The molecule has 0 aliphatic carbocycles. The third-order valence-electron chi connectivity index (χ3n) is 2.92. The van der Waals surface area contributed by atoms with Gasteiger partial charge in [0, 0.05) is 11.3 Å². The number of carbonyl (C=O) groups is 2. The third-order valence-corrected chi connectivity index (χ3v) is 2.92. The molecule has 0 unspecified atom stereocenters. The van der Waals surface area contributed by atoms with Crippen LogP contribution in [0.5, 0.6) is 5.75 Å². The van der Waals surface area contributed by atoms with Crippen molar-refractivity contribution in [3.05, 3.63) is 58.9 Å². The molecule has 0 bridgehead atoms. The van der Waals surface area contributed by atoms with Crippen molar-refractivity contribution in [2.75, 3.05) is 5.32 Å². The van der Waals surface area contributed by atoms with E-state index in [1.807, 2.05) is 0 Å². The van der Waals surface area contributed by atoms with Crippen LogP contribution in [0.15, 0.2) is 36.4 Å². The highest BCUT2D eigenvalue weighted by Gasteiger charge is 2.12. The lowest BCUT2D eigenvalue weighted by Gasteiger charge is -2.07. The number of aromatic hydroxyl groups is 1. The van der Waals surface area contributed by atoms with Crippen molar-refractivity contribution in [1.29, 1.82) is 0 Å². The van der Waals surface area contributed by atoms with Crippen LogP contribution in [0.3, 0.4) is 0 Å². The van der Waals surface area contributed by atoms with Crippen LogP contribution >= 0.6 is 0 Å². The monoisotopic (exact) mass is 289 g/mol. The van der Waals surface area contributed by atoms with Crippen LogP contribution in [0.4, 0.5) is 10.1 Å². The molecule has 2 aromatic rings. The Kier molecular flexibility index (Phi) is 3.89. The third kappa shape index (κ3) is 3.17. The Morgan fingerprint density at radius 3 is 2.43 bits per heavy atom. The Morgan fingerprint density at radius 1 is 1.14 bits per heavy atom. The van der Waals surface area contributed by atoms with Gasteiger partial charge in [0.15, 0.2) is 0 Å². The number of hydrogen-bond acceptors (Lipinski definition) is 3. The van der Waals surface area contributed by atoms with Crippen molar-refractivity contribution in [3.63, 3.8) is 0 Å². The van der Waals surface area contributed by atoms with E-state index in [0.29, 0.717) is 11.1 Å². The van der Waals surface area contributed by atoms with E-state index in [9.17, 15) is 19.1 Å². The van der Waals surface area contributed by atoms with Gasteiger partial charge in [0.1, 0.15) is 11.6 Å². The summed E-state index contributed by atoms with van der Waals surface area (Å²) in [4.78, 5) is 22.7. The number of anilines is 1. The number of phenols is 1. The maximum atomic E-state index is 13.5. The summed E-state index contributed by atoms with van der Waals surface area (Å²) in [5.41, 5.74) is 0.518. The highest BCUT2D eigenvalue weighted by molar-refractivity contribution is 6.04. The minimum Gasteiger partial charge on any atom is -0.508 e. The maximum absolute atomic E-state index is 13.5. The first kappa shape index (κ1) is 14.5. The molecule has 6 heteroatoms. The standard InChI is InChI=1S/C15H12FNO4/c1-8-6-9(2-5-13(8)18)14(19)17-10-3-4-11(15(20)21)12(16)7-10/h2-7,18H,1H3,(H,17,19)(H,20,21). The SMILES string of the molecule is Cc1cc(C(=O)Nc2ccc(C(=O)O)c(F)c2)ccc1O. The average molecular weight is 289 g/mol. The number of carboxylic acid groups (broad SMARTS) is 1. The quantitative estimate of drug-likeness (QED) is 0.811. The molecular formula is C15H12FNO4. The highest BCUT2D eigenvalue weighted by atomic mass is 19.1. The summed E-state index contributed by atoms with van der Waals surface area (Å²) in [5.74, 6) is -2.72. The largest absolute Gasteiger partial charge is 0.508 e. The Bertz CT molecular complexity index is 728. The predicted octanol–water partition coefficient (Wildman–Crippen LogP) is 2.79. The minimum atomic E-state index is -1.38. The molecule has 21 heavy (non-hydrogen) atoms. The fraction of sp³-hybridized carbons (Fsp3) is 0.0667. The van der Waals surface area contributed by atoms with Gasteiger partial charge in [-0.25, -0.2) is 9.18 Å². The second-order valence-corrected chi connectivity index (χ2v) is 4.46. The Balaban J connectivity index is 2.21. The second kappa shape index (κ2) is 5.62. The van der Waals surface area contributed by atoms with Crippen molar-refractivity contribution in [1.82, 2.24) is 0 Å². The van der Waals surface area contributed by atoms with Crippen LogP contribution in [0.25, 0.3) is 0 Å². The number of aromatic carboxylic acids is 1. The number of halogens is 1. The summed E-state index contributed by atoms with van der Waals surface area (Å²) in [6, 6.07) is 7.63. The van der Waals surface area contributed by atoms with E-state index < -0.39 is 23.3 Å². The number of carboxylic acids is 1. The zero-order valence-electron chi connectivity index (χ0n) is 11.1. The zero-order valence-corrected chi connectivity index (χ0v) is 11.1. The van der Waals surface area contributed by atoms with E-state index in [1.165, 1.54) is 24.3 Å². The number of hydrogen-bond donors (Lipinski definition) is 3. The van der Waals surface area contributed by atoms with Gasteiger partial charge >= 0.3 is 5.97 Å². The lowest BCUT2D eigenvalue weighted by Crippen LogP contribution is -2.12. The number of nitrogens with one attached hydrogen (secondary N) is 1. The average Bonchev–Trinajstić information content (AvgIpc) is 2.41. The molecule has 5 nitrogen and oxygen atoms in total. The smallest absolute Gasteiger partial charge is 0.338 e. The van der Waals surface area contributed by atoms with Gasteiger partial charge in [-0.2, -0.15) is 0 Å². The first-order valence-electron chi connectivity index (χ1n) is 6.02. The van der Waals surface area contributed by atoms with Crippen molar-refractivity contribution < 1.29 is 24.2 Å². The van der Waals surface area contributed by atoms with E-state index in [1.54, 1.807) is 6.92 Å². The van der Waals surface area contributed by atoms with E-state index in [2.05, 4.69) is 5.32 Å². The van der Waals surface area contributed by atoms with Crippen LogP contribution in [0.1, 0.15) is 26.3 Å². The summed E-state index contributed by atoms with van der Waals surface area (Å²) < 4.78 is 13.5. The first-order chi connectivity index (χ1) is 9.88. The molecule has 0 aromatic heterocycles. The maximum Gasteiger partial charge on any atom is 0.338 e.